The molecule has 0 aliphatic heterocycles. The highest BCUT2D eigenvalue weighted by atomic mass is 16.5. The Labute approximate surface area is 132 Å². The molecule has 23 heavy (non-hydrogen) atoms. The summed E-state index contributed by atoms with van der Waals surface area (Å²) in [5, 5.41) is 12.2. The Hall–Kier alpha value is -3.34. The molecule has 2 N–H and O–H groups in total. The van der Waals surface area contributed by atoms with E-state index in [9.17, 15) is 14.8 Å². The molecule has 3 rings (SSSR count). The second-order valence-electron chi connectivity index (χ2n) is 4.96. The molecule has 0 radical (unpaired) electrons. The van der Waals surface area contributed by atoms with E-state index in [0.29, 0.717) is 10.4 Å². The number of nitrogens with one attached hydrogen (secondary N) is 1. The van der Waals surface area contributed by atoms with E-state index in [-0.39, 0.29) is 5.69 Å². The molecule has 3 aromatic rings. The van der Waals surface area contributed by atoms with Gasteiger partial charge in [-0.3, -0.25) is 9.59 Å². The molecule has 0 unspecified atom stereocenters. The third-order valence-corrected chi connectivity index (χ3v) is 3.41. The Morgan fingerprint density at radius 3 is 2.17 bits per heavy atom. The summed E-state index contributed by atoms with van der Waals surface area (Å²) in [5.74, 6) is -0.558. The third-order valence-electron chi connectivity index (χ3n) is 3.41. The highest BCUT2D eigenvalue weighted by Gasteiger charge is 2.11. The topological polar surface area (TPSA) is 71.3 Å². The molecule has 2 aromatic carbocycles. The van der Waals surface area contributed by atoms with Gasteiger partial charge >= 0.3 is 0 Å². The molecule has 1 heterocycles. The van der Waals surface area contributed by atoms with E-state index in [0.717, 1.165) is 11.1 Å². The molecule has 5 nitrogen and oxygen atoms in total. The number of pyridine rings is 1. The summed E-state index contributed by atoms with van der Waals surface area (Å²) >= 11 is 0. The smallest absolute Gasteiger partial charge is 0.283 e. The monoisotopic (exact) mass is 306 g/mol. The highest BCUT2D eigenvalue weighted by molar-refractivity contribution is 6.03. The Morgan fingerprint density at radius 2 is 1.48 bits per heavy atom. The SMILES string of the molecule is O=C(Nc1ccc(-c2ccccc2)cc1)c1cccc(=O)n1O. The van der Waals surface area contributed by atoms with Gasteiger partial charge in [-0.2, -0.15) is 0 Å². The van der Waals surface area contributed by atoms with E-state index in [2.05, 4.69) is 5.32 Å². The molecule has 0 saturated carbocycles. The van der Waals surface area contributed by atoms with E-state index in [1.54, 1.807) is 12.1 Å². The van der Waals surface area contributed by atoms with Crippen molar-refractivity contribution in [3.05, 3.63) is 88.8 Å². The number of benzene rings is 2. The van der Waals surface area contributed by atoms with Gasteiger partial charge in [0, 0.05) is 11.8 Å². The number of rotatable bonds is 3. The van der Waals surface area contributed by atoms with E-state index in [1.165, 1.54) is 18.2 Å². The summed E-state index contributed by atoms with van der Waals surface area (Å²) in [7, 11) is 0. The van der Waals surface area contributed by atoms with Crippen LogP contribution in [0, 0.1) is 0 Å². The molecular weight excluding hydrogens is 292 g/mol. The first-order valence-electron chi connectivity index (χ1n) is 7.03. The van der Waals surface area contributed by atoms with Crippen LogP contribution in [0.4, 0.5) is 5.69 Å². The maximum Gasteiger partial charge on any atom is 0.283 e. The van der Waals surface area contributed by atoms with Gasteiger partial charge in [0.2, 0.25) is 0 Å². The van der Waals surface area contributed by atoms with Gasteiger partial charge in [-0.1, -0.05) is 48.5 Å². The minimum absolute atomic E-state index is 0.121. The quantitative estimate of drug-likeness (QED) is 0.731. The van der Waals surface area contributed by atoms with Gasteiger partial charge in [-0.25, -0.2) is 0 Å². The van der Waals surface area contributed by atoms with Crippen molar-refractivity contribution < 1.29 is 10.0 Å². The Bertz CT molecular complexity index is 884. The van der Waals surface area contributed by atoms with Crippen molar-refractivity contribution in [2.45, 2.75) is 0 Å². The molecule has 0 atom stereocenters. The van der Waals surface area contributed by atoms with Crippen molar-refractivity contribution in [3.8, 4) is 11.1 Å². The van der Waals surface area contributed by atoms with Gasteiger partial charge in [0.15, 0.2) is 0 Å². The predicted octanol–water partition coefficient (Wildman–Crippen LogP) is 3.00. The first-order valence-corrected chi connectivity index (χ1v) is 7.03. The molecule has 0 fully saturated rings. The normalized spacial score (nSPS) is 10.3. The van der Waals surface area contributed by atoms with Gasteiger partial charge in [0.1, 0.15) is 5.69 Å². The van der Waals surface area contributed by atoms with E-state index < -0.39 is 11.5 Å². The lowest BCUT2D eigenvalue weighted by Crippen LogP contribution is -2.26. The second-order valence-corrected chi connectivity index (χ2v) is 4.96. The number of hydrogen-bond acceptors (Lipinski definition) is 3. The van der Waals surface area contributed by atoms with Gasteiger partial charge in [-0.15, -0.1) is 4.73 Å². The van der Waals surface area contributed by atoms with E-state index in [1.807, 2.05) is 42.5 Å². The third kappa shape index (κ3) is 3.13. The molecule has 5 heteroatoms. The number of hydrogen-bond donors (Lipinski definition) is 2. The van der Waals surface area contributed by atoms with Crippen molar-refractivity contribution in [2.75, 3.05) is 5.32 Å². The van der Waals surface area contributed by atoms with Crippen LogP contribution < -0.4 is 10.9 Å². The number of anilines is 1. The van der Waals surface area contributed by atoms with Crippen LogP contribution in [0.3, 0.4) is 0 Å². The summed E-state index contributed by atoms with van der Waals surface area (Å²) in [5.41, 5.74) is 1.91. The Balaban J connectivity index is 1.80. The average molecular weight is 306 g/mol. The summed E-state index contributed by atoms with van der Waals surface area (Å²) in [6, 6.07) is 21.1. The van der Waals surface area contributed by atoms with Crippen LogP contribution in [0.15, 0.2) is 77.6 Å². The summed E-state index contributed by atoms with van der Waals surface area (Å²) in [6.45, 7) is 0. The summed E-state index contributed by atoms with van der Waals surface area (Å²) in [6.07, 6.45) is 0. The molecule has 0 aliphatic carbocycles. The Morgan fingerprint density at radius 1 is 0.826 bits per heavy atom. The van der Waals surface area contributed by atoms with Crippen molar-refractivity contribution in [2.24, 2.45) is 0 Å². The van der Waals surface area contributed by atoms with E-state index >= 15 is 0 Å². The zero-order valence-corrected chi connectivity index (χ0v) is 12.1. The minimum Gasteiger partial charge on any atom is -0.425 e. The molecule has 0 saturated heterocycles. The highest BCUT2D eigenvalue weighted by Crippen LogP contribution is 2.21. The maximum atomic E-state index is 12.1. The number of carbonyl (C=O) groups is 1. The van der Waals surface area contributed by atoms with Crippen LogP contribution in [0.1, 0.15) is 10.5 Å². The number of nitrogens with zero attached hydrogens (tertiary/aromatic N) is 1. The van der Waals surface area contributed by atoms with Crippen molar-refractivity contribution in [3.63, 3.8) is 0 Å². The summed E-state index contributed by atoms with van der Waals surface area (Å²) in [4.78, 5) is 23.4. The zero-order valence-electron chi connectivity index (χ0n) is 12.1. The molecule has 1 amide bonds. The van der Waals surface area contributed by atoms with Crippen molar-refractivity contribution >= 4 is 11.6 Å². The minimum atomic E-state index is -0.655. The largest absolute Gasteiger partial charge is 0.425 e. The summed E-state index contributed by atoms with van der Waals surface area (Å²) < 4.78 is 0.327. The van der Waals surface area contributed by atoms with Crippen LogP contribution in [0.25, 0.3) is 11.1 Å². The van der Waals surface area contributed by atoms with Gasteiger partial charge in [0.25, 0.3) is 11.5 Å². The molecule has 114 valence electrons. The van der Waals surface area contributed by atoms with Gasteiger partial charge in [-0.05, 0) is 29.3 Å². The second kappa shape index (κ2) is 6.19. The molecule has 0 aliphatic rings. The Kier molecular flexibility index (Phi) is 3.93. The van der Waals surface area contributed by atoms with E-state index in [4.69, 9.17) is 0 Å². The number of amides is 1. The van der Waals surface area contributed by atoms with Crippen molar-refractivity contribution in [1.82, 2.24) is 4.73 Å². The van der Waals surface area contributed by atoms with Crippen LogP contribution >= 0.6 is 0 Å². The lowest BCUT2D eigenvalue weighted by Gasteiger charge is -2.08. The van der Waals surface area contributed by atoms with Gasteiger partial charge < -0.3 is 10.5 Å². The van der Waals surface area contributed by atoms with Crippen molar-refractivity contribution in [1.29, 1.82) is 0 Å². The fraction of sp³-hybridized carbons (Fsp3) is 0. The number of aromatic nitrogens is 1. The van der Waals surface area contributed by atoms with Crippen LogP contribution in [-0.4, -0.2) is 15.8 Å². The molecular formula is C18H14N2O3. The first kappa shape index (κ1) is 14.6. The number of carbonyl (C=O) groups excluding carboxylic acids is 1. The van der Waals surface area contributed by atoms with Gasteiger partial charge in [0.05, 0.1) is 0 Å². The predicted molar refractivity (Wildman–Crippen MR) is 87.7 cm³/mol. The standard InChI is InChI=1S/C18H14N2O3/c21-17-8-4-7-16(20(17)23)18(22)19-15-11-9-14(10-12-15)13-5-2-1-3-6-13/h1-12,23H,(H,19,22). The fourth-order valence-corrected chi connectivity index (χ4v) is 2.23. The lowest BCUT2D eigenvalue weighted by molar-refractivity contribution is 0.0961. The zero-order chi connectivity index (χ0) is 16.2. The van der Waals surface area contributed by atoms with Crippen LogP contribution in [0.5, 0.6) is 0 Å². The lowest BCUT2D eigenvalue weighted by atomic mass is 10.1. The first-order chi connectivity index (χ1) is 11.1. The maximum absolute atomic E-state index is 12.1. The average Bonchev–Trinajstić information content (AvgIpc) is 2.59. The fourth-order valence-electron chi connectivity index (χ4n) is 2.23. The molecule has 0 bridgehead atoms. The van der Waals surface area contributed by atoms with Crippen LogP contribution in [0.2, 0.25) is 0 Å². The van der Waals surface area contributed by atoms with Crippen LogP contribution in [-0.2, 0) is 0 Å². The molecule has 1 aromatic heterocycles. The molecule has 0 spiro atoms.